The molecule has 2 rings (SSSR count). The maximum atomic E-state index is 2.30. The molecule has 0 heterocycles. The minimum atomic E-state index is 0.772. The molecule has 0 N–H and O–H groups in total. The summed E-state index contributed by atoms with van der Waals surface area (Å²) in [5, 5.41) is 0. The van der Waals surface area contributed by atoms with E-state index >= 15 is 0 Å². The summed E-state index contributed by atoms with van der Waals surface area (Å²) in [7, 11) is 0. The van der Waals surface area contributed by atoms with Crippen molar-refractivity contribution in [2.24, 2.45) is 0 Å². The van der Waals surface area contributed by atoms with Crippen LogP contribution >= 0.6 is 0 Å². The van der Waals surface area contributed by atoms with Gasteiger partial charge in [0.2, 0.25) is 0 Å². The molecule has 0 saturated heterocycles. The molecule has 0 nitrogen and oxygen atoms in total. The molecule has 2 aliphatic carbocycles. The van der Waals surface area contributed by atoms with E-state index in [4.69, 9.17) is 0 Å². The molecule has 0 saturated carbocycles. The first-order chi connectivity index (χ1) is 5.95. The van der Waals surface area contributed by atoms with E-state index < -0.39 is 0 Å². The van der Waals surface area contributed by atoms with Crippen LogP contribution in [0.5, 0.6) is 0 Å². The molecule has 0 aliphatic heterocycles. The molecular weight excluding hydrogens is 278 g/mol. The number of rotatable bonds is 3. The molecule has 62 valence electrons. The van der Waals surface area contributed by atoms with Gasteiger partial charge in [-0.1, -0.05) is 0 Å². The molecular formula is C10H10Se2. The Balaban J connectivity index is 1.75. The molecule has 0 atom stereocenters. The third-order valence-corrected chi connectivity index (χ3v) is 9.65. The molecule has 12 heavy (non-hydrogen) atoms. The topological polar surface area (TPSA) is 0 Å². The monoisotopic (exact) mass is 290 g/mol. The van der Waals surface area contributed by atoms with Crippen molar-refractivity contribution < 1.29 is 0 Å². The van der Waals surface area contributed by atoms with Crippen LogP contribution in [0.1, 0.15) is 12.8 Å². The zero-order valence-electron chi connectivity index (χ0n) is 6.69. The summed E-state index contributed by atoms with van der Waals surface area (Å²) in [5.74, 6) is 0. The van der Waals surface area contributed by atoms with Crippen molar-refractivity contribution in [3.8, 4) is 0 Å². The molecule has 2 aliphatic rings. The summed E-state index contributed by atoms with van der Waals surface area (Å²) in [6.07, 6.45) is 15.9. The molecule has 0 fully saturated rings. The Morgan fingerprint density at radius 2 is 1.33 bits per heavy atom. The SMILES string of the molecule is C1=CCC([Se][Se]C2=CC=CC2)=C1. The Bertz CT molecular complexity index is 252. The first-order valence-corrected chi connectivity index (χ1v) is 10.1. The summed E-state index contributed by atoms with van der Waals surface area (Å²) in [4.78, 5) is 0. The van der Waals surface area contributed by atoms with Gasteiger partial charge >= 0.3 is 84.5 Å². The number of hydrogen-bond acceptors (Lipinski definition) is 0. The summed E-state index contributed by atoms with van der Waals surface area (Å²) < 4.78 is 3.35. The van der Waals surface area contributed by atoms with E-state index in [0.717, 1.165) is 26.3 Å². The summed E-state index contributed by atoms with van der Waals surface area (Å²) in [6.45, 7) is 0. The fourth-order valence-electron chi connectivity index (χ4n) is 1.09. The van der Waals surface area contributed by atoms with Gasteiger partial charge in [0.25, 0.3) is 0 Å². The first kappa shape index (κ1) is 8.59. The van der Waals surface area contributed by atoms with Gasteiger partial charge in [0.1, 0.15) is 0 Å². The standard InChI is InChI=1S/C10H10Se2/c1-2-6-9(5-1)11-12-10-7-3-4-8-10/h1-5,7H,6,8H2. The molecule has 0 aromatic rings. The summed E-state index contributed by atoms with van der Waals surface area (Å²) in [6, 6.07) is 0. The number of hydrogen-bond donors (Lipinski definition) is 0. The zero-order valence-corrected chi connectivity index (χ0v) is 10.1. The fourth-order valence-corrected chi connectivity index (χ4v) is 7.82. The average Bonchev–Trinajstić information content (AvgIpc) is 2.74. The molecule has 0 unspecified atom stereocenters. The van der Waals surface area contributed by atoms with Gasteiger partial charge < -0.3 is 0 Å². The van der Waals surface area contributed by atoms with Crippen LogP contribution in [0.2, 0.25) is 0 Å². The van der Waals surface area contributed by atoms with Crippen LogP contribution in [0.3, 0.4) is 0 Å². The maximum absolute atomic E-state index is 2.30. The van der Waals surface area contributed by atoms with E-state index in [0.29, 0.717) is 0 Å². The van der Waals surface area contributed by atoms with Gasteiger partial charge in [-0.15, -0.1) is 0 Å². The van der Waals surface area contributed by atoms with Gasteiger partial charge in [0.15, 0.2) is 0 Å². The predicted octanol–water partition coefficient (Wildman–Crippen LogP) is 2.00. The van der Waals surface area contributed by atoms with E-state index in [-0.39, 0.29) is 0 Å². The average molecular weight is 288 g/mol. The van der Waals surface area contributed by atoms with Crippen molar-refractivity contribution in [1.82, 2.24) is 0 Å². The Hall–Kier alpha value is -0.00104. The van der Waals surface area contributed by atoms with Crippen molar-refractivity contribution in [2.45, 2.75) is 12.8 Å². The van der Waals surface area contributed by atoms with Crippen LogP contribution in [-0.2, 0) is 0 Å². The quantitative estimate of drug-likeness (QED) is 0.697. The van der Waals surface area contributed by atoms with Gasteiger partial charge in [-0.2, -0.15) is 0 Å². The normalized spacial score (nSPS) is 20.0. The second-order valence-electron chi connectivity index (χ2n) is 2.70. The zero-order chi connectivity index (χ0) is 8.23. The van der Waals surface area contributed by atoms with Crippen LogP contribution in [0.4, 0.5) is 0 Å². The van der Waals surface area contributed by atoms with E-state index in [2.05, 4.69) is 36.5 Å². The second-order valence-corrected chi connectivity index (χ2v) is 9.23. The van der Waals surface area contributed by atoms with Crippen LogP contribution in [0, 0.1) is 0 Å². The molecule has 0 spiro atoms. The van der Waals surface area contributed by atoms with Crippen molar-refractivity contribution in [1.29, 1.82) is 0 Å². The fraction of sp³-hybridized carbons (Fsp3) is 0.200. The predicted molar refractivity (Wildman–Crippen MR) is 55.2 cm³/mol. The van der Waals surface area contributed by atoms with Crippen molar-refractivity contribution in [3.63, 3.8) is 0 Å². The summed E-state index contributed by atoms with van der Waals surface area (Å²) >= 11 is 1.54. The van der Waals surface area contributed by atoms with Crippen LogP contribution < -0.4 is 0 Å². The van der Waals surface area contributed by atoms with Crippen LogP contribution in [0.15, 0.2) is 45.4 Å². The third kappa shape index (κ3) is 2.24. The van der Waals surface area contributed by atoms with Gasteiger partial charge in [-0.25, -0.2) is 0 Å². The third-order valence-electron chi connectivity index (χ3n) is 1.73. The Kier molecular flexibility index (Phi) is 3.08. The van der Waals surface area contributed by atoms with Crippen LogP contribution in [0.25, 0.3) is 0 Å². The van der Waals surface area contributed by atoms with Crippen LogP contribution in [-0.4, -0.2) is 26.3 Å². The Labute approximate surface area is 84.4 Å². The van der Waals surface area contributed by atoms with E-state index in [9.17, 15) is 0 Å². The molecule has 0 radical (unpaired) electrons. The summed E-state index contributed by atoms with van der Waals surface area (Å²) in [5.41, 5.74) is 0. The molecule has 0 aromatic heterocycles. The van der Waals surface area contributed by atoms with Crippen molar-refractivity contribution >= 4 is 26.3 Å². The molecule has 0 amide bonds. The minimum absolute atomic E-state index is 0.772. The number of allylic oxidation sites excluding steroid dienone is 8. The van der Waals surface area contributed by atoms with Gasteiger partial charge in [0, 0.05) is 0 Å². The molecule has 0 aromatic carbocycles. The van der Waals surface area contributed by atoms with E-state index in [1.54, 1.807) is 8.94 Å². The van der Waals surface area contributed by atoms with Gasteiger partial charge in [0.05, 0.1) is 0 Å². The second kappa shape index (κ2) is 4.30. The van der Waals surface area contributed by atoms with Gasteiger partial charge in [-0.05, 0) is 0 Å². The Morgan fingerprint density at radius 1 is 0.833 bits per heavy atom. The Morgan fingerprint density at radius 3 is 1.67 bits per heavy atom. The van der Waals surface area contributed by atoms with Crippen molar-refractivity contribution in [2.75, 3.05) is 0 Å². The molecule has 0 bridgehead atoms. The van der Waals surface area contributed by atoms with E-state index in [1.807, 2.05) is 0 Å². The van der Waals surface area contributed by atoms with E-state index in [1.165, 1.54) is 12.8 Å². The molecule has 2 heteroatoms. The van der Waals surface area contributed by atoms with Crippen molar-refractivity contribution in [3.05, 3.63) is 45.4 Å². The first-order valence-electron chi connectivity index (χ1n) is 4.01. The van der Waals surface area contributed by atoms with Gasteiger partial charge in [-0.3, -0.25) is 0 Å².